The van der Waals surface area contributed by atoms with E-state index in [-0.39, 0.29) is 6.61 Å². The number of nitrogens with zero attached hydrogens (tertiary/aromatic N) is 1. The second-order valence-corrected chi connectivity index (χ2v) is 3.86. The summed E-state index contributed by atoms with van der Waals surface area (Å²) in [5.41, 5.74) is -0.646. The molecular weight excluding hydrogens is 174 g/mol. The van der Waals surface area contributed by atoms with Crippen LogP contribution >= 0.6 is 0 Å². The first-order valence-electron chi connectivity index (χ1n) is 4.10. The Labute approximate surface area is 77.9 Å². The minimum absolute atomic E-state index is 0.310. The lowest BCUT2D eigenvalue weighted by Gasteiger charge is -2.25. The highest BCUT2D eigenvalue weighted by atomic mass is 16.6. The van der Waals surface area contributed by atoms with Gasteiger partial charge in [0, 0.05) is 0 Å². The van der Waals surface area contributed by atoms with Crippen LogP contribution in [0.2, 0.25) is 0 Å². The smallest absolute Gasteiger partial charge is 0.434 e. The zero-order valence-corrected chi connectivity index (χ0v) is 8.44. The number of rotatable bonds is 2. The molecule has 2 N–H and O–H groups in total. The third-order valence-corrected chi connectivity index (χ3v) is 1.26. The van der Waals surface area contributed by atoms with Crippen LogP contribution in [0.25, 0.3) is 0 Å². The number of aliphatic hydroxyl groups is 1. The first kappa shape index (κ1) is 12.2. The molecular formula is C8H17NO4. The Morgan fingerprint density at radius 1 is 1.54 bits per heavy atom. The molecule has 0 fully saturated rings. The van der Waals surface area contributed by atoms with Crippen LogP contribution in [0.4, 0.5) is 4.79 Å². The van der Waals surface area contributed by atoms with Crippen LogP contribution in [0.5, 0.6) is 0 Å². The lowest BCUT2D eigenvalue weighted by atomic mass is 10.2. The van der Waals surface area contributed by atoms with Crippen LogP contribution in [-0.2, 0) is 4.74 Å². The molecule has 0 aromatic rings. The molecule has 1 unspecified atom stereocenters. The average Bonchev–Trinajstić information content (AvgIpc) is 1.98. The van der Waals surface area contributed by atoms with Crippen molar-refractivity contribution < 1.29 is 19.8 Å². The first-order chi connectivity index (χ1) is 5.78. The minimum atomic E-state index is -0.853. The summed E-state index contributed by atoms with van der Waals surface area (Å²) in [4.78, 5) is 11.1. The molecule has 0 aliphatic rings. The van der Waals surface area contributed by atoms with Crippen molar-refractivity contribution >= 4 is 6.09 Å². The molecule has 1 atom stereocenters. The molecule has 0 aromatic carbocycles. The van der Waals surface area contributed by atoms with E-state index in [1.54, 1.807) is 20.8 Å². The van der Waals surface area contributed by atoms with E-state index in [4.69, 9.17) is 15.1 Å². The molecule has 13 heavy (non-hydrogen) atoms. The summed E-state index contributed by atoms with van der Waals surface area (Å²) in [5.74, 6) is 0. The lowest BCUT2D eigenvalue weighted by molar-refractivity contribution is -0.124. The quantitative estimate of drug-likeness (QED) is 0.504. The van der Waals surface area contributed by atoms with Gasteiger partial charge in [-0.15, -0.1) is 0 Å². The highest BCUT2D eigenvalue weighted by Crippen LogP contribution is 2.10. The highest BCUT2D eigenvalue weighted by Gasteiger charge is 2.24. The fourth-order valence-electron chi connectivity index (χ4n) is 0.566. The summed E-state index contributed by atoms with van der Waals surface area (Å²) >= 11 is 0. The van der Waals surface area contributed by atoms with E-state index in [1.165, 1.54) is 6.92 Å². The topological polar surface area (TPSA) is 70.0 Å². The monoisotopic (exact) mass is 191 g/mol. The van der Waals surface area contributed by atoms with E-state index in [2.05, 4.69) is 0 Å². The second-order valence-electron chi connectivity index (χ2n) is 3.86. The molecule has 0 radical (unpaired) electrons. The van der Waals surface area contributed by atoms with Crippen molar-refractivity contribution in [2.24, 2.45) is 0 Å². The normalized spacial score (nSPS) is 13.7. The van der Waals surface area contributed by atoms with Crippen LogP contribution in [0, 0.1) is 0 Å². The van der Waals surface area contributed by atoms with Crippen molar-refractivity contribution in [3.8, 4) is 0 Å². The molecule has 0 saturated carbocycles. The van der Waals surface area contributed by atoms with Crippen molar-refractivity contribution in [2.45, 2.75) is 39.3 Å². The van der Waals surface area contributed by atoms with Crippen LogP contribution in [0.15, 0.2) is 0 Å². The van der Waals surface area contributed by atoms with Crippen LogP contribution in [-0.4, -0.2) is 39.7 Å². The van der Waals surface area contributed by atoms with E-state index >= 15 is 0 Å². The van der Waals surface area contributed by atoms with Gasteiger partial charge in [0.15, 0.2) is 0 Å². The maximum atomic E-state index is 11.1. The van der Waals surface area contributed by atoms with Crippen LogP contribution < -0.4 is 0 Å². The zero-order valence-electron chi connectivity index (χ0n) is 8.44. The van der Waals surface area contributed by atoms with E-state index in [9.17, 15) is 4.79 Å². The molecule has 78 valence electrons. The Hall–Kier alpha value is -0.810. The van der Waals surface area contributed by atoms with E-state index < -0.39 is 17.7 Å². The third-order valence-electron chi connectivity index (χ3n) is 1.26. The van der Waals surface area contributed by atoms with Gasteiger partial charge in [0.05, 0.1) is 12.6 Å². The number of hydrogen-bond donors (Lipinski definition) is 2. The Balaban J connectivity index is 4.12. The number of aliphatic hydroxyl groups excluding tert-OH is 1. The van der Waals surface area contributed by atoms with Crippen LogP contribution in [0.1, 0.15) is 27.7 Å². The number of hydroxylamine groups is 2. The molecule has 0 aliphatic heterocycles. The molecule has 0 rings (SSSR count). The Morgan fingerprint density at radius 2 is 2.00 bits per heavy atom. The minimum Gasteiger partial charge on any atom is -0.442 e. The molecule has 0 saturated heterocycles. The van der Waals surface area contributed by atoms with Gasteiger partial charge in [-0.1, -0.05) is 0 Å². The van der Waals surface area contributed by atoms with Crippen molar-refractivity contribution in [1.29, 1.82) is 0 Å². The van der Waals surface area contributed by atoms with Crippen molar-refractivity contribution in [3.05, 3.63) is 0 Å². The van der Waals surface area contributed by atoms with Gasteiger partial charge in [0.2, 0.25) is 0 Å². The van der Waals surface area contributed by atoms with Gasteiger partial charge in [0.1, 0.15) is 5.60 Å². The molecule has 0 spiro atoms. The molecule has 5 nitrogen and oxygen atoms in total. The zero-order chi connectivity index (χ0) is 10.6. The lowest BCUT2D eigenvalue weighted by Crippen LogP contribution is -2.41. The fourth-order valence-corrected chi connectivity index (χ4v) is 0.566. The summed E-state index contributed by atoms with van der Waals surface area (Å²) in [6.07, 6.45) is -0.853. The number of hydrogen-bond acceptors (Lipinski definition) is 4. The molecule has 0 heterocycles. The Kier molecular flexibility index (Phi) is 4.16. The van der Waals surface area contributed by atoms with Gasteiger partial charge < -0.3 is 9.84 Å². The largest absolute Gasteiger partial charge is 0.442 e. The van der Waals surface area contributed by atoms with Gasteiger partial charge >= 0.3 is 6.09 Å². The fraction of sp³-hybridized carbons (Fsp3) is 0.875. The van der Waals surface area contributed by atoms with Gasteiger partial charge in [-0.05, 0) is 27.7 Å². The second kappa shape index (κ2) is 4.43. The van der Waals surface area contributed by atoms with Crippen molar-refractivity contribution in [1.82, 2.24) is 5.06 Å². The number of amides is 1. The van der Waals surface area contributed by atoms with Gasteiger partial charge in [-0.25, -0.2) is 4.79 Å². The summed E-state index contributed by atoms with van der Waals surface area (Å²) in [6.45, 7) is 6.28. The maximum Gasteiger partial charge on any atom is 0.434 e. The van der Waals surface area contributed by atoms with Gasteiger partial charge in [-0.3, -0.25) is 5.21 Å². The molecule has 5 heteroatoms. The third kappa shape index (κ3) is 4.69. The summed E-state index contributed by atoms with van der Waals surface area (Å²) in [7, 11) is 0. The molecule has 0 aliphatic carbocycles. The van der Waals surface area contributed by atoms with Gasteiger partial charge in [-0.2, -0.15) is 5.06 Å². The van der Waals surface area contributed by atoms with Crippen molar-refractivity contribution in [3.63, 3.8) is 0 Å². The predicted molar refractivity (Wildman–Crippen MR) is 46.4 cm³/mol. The summed E-state index contributed by atoms with van der Waals surface area (Å²) in [5, 5.41) is 18.2. The summed E-state index contributed by atoms with van der Waals surface area (Å²) < 4.78 is 4.85. The predicted octanol–water partition coefficient (Wildman–Crippen LogP) is 0.994. The Morgan fingerprint density at radius 3 is 2.31 bits per heavy atom. The molecule has 0 bridgehead atoms. The standard InChI is InChI=1S/C8H17NO4/c1-6(5-10)9(12)7(11)13-8(2,3)4/h6,10,12H,5H2,1-4H3. The molecule has 0 aromatic heterocycles. The number of carbonyl (C=O) groups excluding carboxylic acids is 1. The van der Waals surface area contributed by atoms with E-state index in [0.29, 0.717) is 5.06 Å². The SMILES string of the molecule is CC(CO)N(O)C(=O)OC(C)(C)C. The Bertz CT molecular complexity index is 175. The number of ether oxygens (including phenoxy) is 1. The highest BCUT2D eigenvalue weighted by molar-refractivity contribution is 5.66. The first-order valence-corrected chi connectivity index (χ1v) is 4.10. The van der Waals surface area contributed by atoms with Gasteiger partial charge in [0.25, 0.3) is 0 Å². The number of carbonyl (C=O) groups is 1. The van der Waals surface area contributed by atoms with Crippen molar-refractivity contribution in [2.75, 3.05) is 6.61 Å². The van der Waals surface area contributed by atoms with E-state index in [0.717, 1.165) is 0 Å². The summed E-state index contributed by atoms with van der Waals surface area (Å²) in [6, 6.07) is -0.658. The van der Waals surface area contributed by atoms with E-state index in [1.807, 2.05) is 0 Å². The average molecular weight is 191 g/mol. The maximum absolute atomic E-state index is 11.1. The molecule has 1 amide bonds. The van der Waals surface area contributed by atoms with Crippen LogP contribution in [0.3, 0.4) is 0 Å².